The van der Waals surface area contributed by atoms with Crippen LogP contribution in [0.5, 0.6) is 0 Å². The number of carbonyl (C=O) groups is 1. The molecule has 0 fully saturated rings. The maximum atomic E-state index is 12.5. The van der Waals surface area contributed by atoms with Crippen molar-refractivity contribution in [3.05, 3.63) is 41.0 Å². The smallest absolute Gasteiger partial charge is 0.380 e. The number of hydrogen-bond acceptors (Lipinski definition) is 2. The number of halogens is 4. The molecule has 1 aromatic carbocycles. The molecule has 0 aromatic heterocycles. The van der Waals surface area contributed by atoms with Crippen LogP contribution in [-0.4, -0.2) is 19.0 Å². The summed E-state index contributed by atoms with van der Waals surface area (Å²) in [5.41, 5.74) is -0.445. The van der Waals surface area contributed by atoms with Crippen LogP contribution in [0.4, 0.5) is 13.2 Å². The maximum absolute atomic E-state index is 12.5. The second-order valence-corrected chi connectivity index (χ2v) is 3.84. The van der Waals surface area contributed by atoms with Crippen molar-refractivity contribution in [2.75, 3.05) is 13.7 Å². The van der Waals surface area contributed by atoms with Crippen LogP contribution >= 0.6 is 11.6 Å². The first-order valence-electron chi connectivity index (χ1n) is 4.91. The van der Waals surface area contributed by atoms with Gasteiger partial charge in [0.15, 0.2) is 0 Å². The molecule has 0 aliphatic carbocycles. The zero-order valence-electron chi connectivity index (χ0n) is 9.42. The van der Waals surface area contributed by atoms with Gasteiger partial charge in [-0.25, -0.2) is 0 Å². The summed E-state index contributed by atoms with van der Waals surface area (Å²) in [4.78, 5) is 11.0. The van der Waals surface area contributed by atoms with Crippen molar-refractivity contribution in [1.82, 2.24) is 0 Å². The maximum Gasteiger partial charge on any atom is 0.416 e. The first-order valence-corrected chi connectivity index (χ1v) is 5.29. The Morgan fingerprint density at radius 1 is 1.44 bits per heavy atom. The molecule has 1 aromatic rings. The molecule has 0 atom stereocenters. The number of hydrogen-bond donors (Lipinski definition) is 0. The Labute approximate surface area is 107 Å². The van der Waals surface area contributed by atoms with Gasteiger partial charge in [0, 0.05) is 12.7 Å². The topological polar surface area (TPSA) is 26.3 Å². The standard InChI is InChI=1S/C12H10ClF3O2/c1-18-7-9(11(13)17)5-8-3-2-4-10(6-8)12(14,15)16/h2-6H,7H2,1H3/b9-5+. The normalized spacial score (nSPS) is 12.6. The van der Waals surface area contributed by atoms with Gasteiger partial charge in [-0.15, -0.1) is 0 Å². The Bertz CT molecular complexity index is 467. The molecular weight excluding hydrogens is 269 g/mol. The van der Waals surface area contributed by atoms with E-state index < -0.39 is 17.0 Å². The van der Waals surface area contributed by atoms with Gasteiger partial charge < -0.3 is 4.74 Å². The van der Waals surface area contributed by atoms with Gasteiger partial charge >= 0.3 is 6.18 Å². The van der Waals surface area contributed by atoms with Gasteiger partial charge in [0.1, 0.15) is 0 Å². The summed E-state index contributed by atoms with van der Waals surface area (Å²) in [6.07, 6.45) is -3.15. The summed E-state index contributed by atoms with van der Waals surface area (Å²) in [6.45, 7) is -0.0570. The van der Waals surface area contributed by atoms with Gasteiger partial charge in [0.05, 0.1) is 12.2 Å². The van der Waals surface area contributed by atoms with Crippen LogP contribution in [0.15, 0.2) is 29.8 Å². The lowest BCUT2D eigenvalue weighted by atomic mass is 10.1. The number of ether oxygens (including phenoxy) is 1. The summed E-state index contributed by atoms with van der Waals surface area (Å²) < 4.78 is 42.2. The Balaban J connectivity index is 3.10. The number of benzene rings is 1. The molecule has 0 bridgehead atoms. The highest BCUT2D eigenvalue weighted by molar-refractivity contribution is 6.68. The fourth-order valence-corrected chi connectivity index (χ4v) is 1.43. The SMILES string of the molecule is COC/C(=C\c1cccc(C(F)(F)F)c1)C(=O)Cl. The number of rotatable bonds is 4. The molecule has 98 valence electrons. The minimum Gasteiger partial charge on any atom is -0.380 e. The highest BCUT2D eigenvalue weighted by atomic mass is 35.5. The molecule has 0 spiro atoms. The number of methoxy groups -OCH3 is 1. The van der Waals surface area contributed by atoms with Gasteiger partial charge in [0.2, 0.25) is 0 Å². The van der Waals surface area contributed by atoms with Crippen molar-refractivity contribution in [2.45, 2.75) is 6.18 Å². The van der Waals surface area contributed by atoms with Crippen LogP contribution in [0.1, 0.15) is 11.1 Å². The Morgan fingerprint density at radius 3 is 2.61 bits per heavy atom. The number of carbonyl (C=O) groups excluding carboxylic acids is 1. The number of alkyl halides is 3. The molecule has 0 amide bonds. The quantitative estimate of drug-likeness (QED) is 0.622. The van der Waals surface area contributed by atoms with Crippen molar-refractivity contribution < 1.29 is 22.7 Å². The molecule has 0 N–H and O–H groups in total. The van der Waals surface area contributed by atoms with E-state index in [-0.39, 0.29) is 17.7 Å². The summed E-state index contributed by atoms with van der Waals surface area (Å²) in [5.74, 6) is 0. The van der Waals surface area contributed by atoms with Crippen LogP contribution in [-0.2, 0) is 15.7 Å². The van der Waals surface area contributed by atoms with E-state index in [1.807, 2.05) is 0 Å². The van der Waals surface area contributed by atoms with Gasteiger partial charge in [-0.05, 0) is 35.4 Å². The largest absolute Gasteiger partial charge is 0.416 e. The van der Waals surface area contributed by atoms with E-state index in [9.17, 15) is 18.0 Å². The zero-order chi connectivity index (χ0) is 13.8. The molecule has 0 radical (unpaired) electrons. The van der Waals surface area contributed by atoms with Crippen molar-refractivity contribution in [3.63, 3.8) is 0 Å². The average molecular weight is 279 g/mol. The second kappa shape index (κ2) is 6.02. The van der Waals surface area contributed by atoms with Crippen molar-refractivity contribution in [1.29, 1.82) is 0 Å². The molecule has 0 aliphatic rings. The van der Waals surface area contributed by atoms with Crippen LogP contribution in [0, 0.1) is 0 Å². The average Bonchev–Trinajstić information content (AvgIpc) is 2.27. The Kier molecular flexibility index (Phi) is 4.93. The van der Waals surface area contributed by atoms with E-state index in [1.165, 1.54) is 25.3 Å². The Hall–Kier alpha value is -1.33. The second-order valence-electron chi connectivity index (χ2n) is 3.50. The van der Waals surface area contributed by atoms with Gasteiger partial charge in [-0.2, -0.15) is 13.2 Å². The first kappa shape index (κ1) is 14.7. The van der Waals surface area contributed by atoms with E-state index in [2.05, 4.69) is 0 Å². The molecule has 0 aliphatic heterocycles. The van der Waals surface area contributed by atoms with E-state index in [1.54, 1.807) is 0 Å². The summed E-state index contributed by atoms with van der Waals surface area (Å²) >= 11 is 5.29. The lowest BCUT2D eigenvalue weighted by Crippen LogP contribution is -2.05. The summed E-state index contributed by atoms with van der Waals surface area (Å²) in [6, 6.07) is 4.61. The highest BCUT2D eigenvalue weighted by Crippen LogP contribution is 2.30. The molecule has 0 saturated carbocycles. The first-order chi connectivity index (χ1) is 8.34. The zero-order valence-corrected chi connectivity index (χ0v) is 10.2. The van der Waals surface area contributed by atoms with Crippen LogP contribution < -0.4 is 0 Å². The van der Waals surface area contributed by atoms with Crippen LogP contribution in [0.25, 0.3) is 6.08 Å². The molecule has 0 saturated heterocycles. The molecular formula is C12H10ClF3O2. The molecule has 1 rings (SSSR count). The third kappa shape index (κ3) is 4.16. The fourth-order valence-electron chi connectivity index (χ4n) is 1.32. The molecule has 0 unspecified atom stereocenters. The van der Waals surface area contributed by atoms with Gasteiger partial charge in [-0.3, -0.25) is 4.79 Å². The van der Waals surface area contributed by atoms with Gasteiger partial charge in [0.25, 0.3) is 5.24 Å². The van der Waals surface area contributed by atoms with E-state index >= 15 is 0 Å². The molecule has 6 heteroatoms. The predicted octanol–water partition coefficient (Wildman–Crippen LogP) is 3.50. The molecule has 18 heavy (non-hydrogen) atoms. The predicted molar refractivity (Wildman–Crippen MR) is 62.2 cm³/mol. The van der Waals surface area contributed by atoms with E-state index in [0.29, 0.717) is 0 Å². The highest BCUT2D eigenvalue weighted by Gasteiger charge is 2.30. The van der Waals surface area contributed by atoms with Crippen molar-refractivity contribution in [3.8, 4) is 0 Å². The minimum absolute atomic E-state index is 0.0570. The summed E-state index contributed by atoms with van der Waals surface area (Å²) in [7, 11) is 1.36. The van der Waals surface area contributed by atoms with Crippen LogP contribution in [0.3, 0.4) is 0 Å². The third-order valence-corrected chi connectivity index (χ3v) is 2.35. The lowest BCUT2D eigenvalue weighted by molar-refractivity contribution is -0.137. The van der Waals surface area contributed by atoms with Gasteiger partial charge in [-0.1, -0.05) is 12.1 Å². The third-order valence-electron chi connectivity index (χ3n) is 2.11. The molecule has 2 nitrogen and oxygen atoms in total. The Morgan fingerprint density at radius 2 is 2.11 bits per heavy atom. The van der Waals surface area contributed by atoms with Crippen molar-refractivity contribution in [2.24, 2.45) is 0 Å². The molecule has 0 heterocycles. The van der Waals surface area contributed by atoms with E-state index in [4.69, 9.17) is 16.3 Å². The van der Waals surface area contributed by atoms with E-state index in [0.717, 1.165) is 12.1 Å². The fraction of sp³-hybridized carbons (Fsp3) is 0.250. The summed E-state index contributed by atoms with van der Waals surface area (Å²) in [5, 5.41) is -0.755. The lowest BCUT2D eigenvalue weighted by Gasteiger charge is -2.07. The minimum atomic E-state index is -4.42. The van der Waals surface area contributed by atoms with Crippen molar-refractivity contribution >= 4 is 22.9 Å². The van der Waals surface area contributed by atoms with Crippen LogP contribution in [0.2, 0.25) is 0 Å². The monoisotopic (exact) mass is 278 g/mol.